The molecule has 1 aromatic heterocycles. The van der Waals surface area contributed by atoms with E-state index in [9.17, 15) is 4.79 Å². The molecule has 0 aliphatic heterocycles. The second-order valence-electron chi connectivity index (χ2n) is 4.69. The first-order chi connectivity index (χ1) is 11.2. The van der Waals surface area contributed by atoms with Gasteiger partial charge in [0.05, 0.1) is 13.2 Å². The summed E-state index contributed by atoms with van der Waals surface area (Å²) in [5.41, 5.74) is 0.893. The maximum atomic E-state index is 11.7. The number of ether oxygens (including phenoxy) is 1. The van der Waals surface area contributed by atoms with Gasteiger partial charge < -0.3 is 10.1 Å². The number of H-pyrrole nitrogens is 1. The van der Waals surface area contributed by atoms with Crippen molar-refractivity contribution in [3.05, 3.63) is 29.0 Å². The fourth-order valence-corrected chi connectivity index (χ4v) is 2.29. The number of carbonyl (C=O) groups is 1. The lowest BCUT2D eigenvalue weighted by Gasteiger charge is -2.08. The standard InChI is InChI=1S/C16H18N4O2S/c1-3-10-17-14(21)9-11-20-15(18-19-16(20)23)12-5-7-13(8-6-12)22-4-2/h1,5-8H,4,9-11H2,2H3,(H,17,21)(H,19,23). The maximum absolute atomic E-state index is 11.7. The third kappa shape index (κ3) is 4.44. The number of hydrogen-bond donors (Lipinski definition) is 2. The minimum absolute atomic E-state index is 0.122. The summed E-state index contributed by atoms with van der Waals surface area (Å²) in [6.07, 6.45) is 5.39. The van der Waals surface area contributed by atoms with Crippen molar-refractivity contribution in [2.75, 3.05) is 13.2 Å². The molecule has 1 amide bonds. The van der Waals surface area contributed by atoms with Crippen LogP contribution in [0.4, 0.5) is 0 Å². The third-order valence-electron chi connectivity index (χ3n) is 3.13. The Labute approximate surface area is 139 Å². The monoisotopic (exact) mass is 330 g/mol. The van der Waals surface area contributed by atoms with Gasteiger partial charge in [-0.25, -0.2) is 0 Å². The van der Waals surface area contributed by atoms with Gasteiger partial charge >= 0.3 is 0 Å². The van der Waals surface area contributed by atoms with Gasteiger partial charge in [-0.05, 0) is 43.4 Å². The number of terminal acetylenes is 1. The number of benzene rings is 1. The van der Waals surface area contributed by atoms with Crippen LogP contribution in [-0.2, 0) is 11.3 Å². The Kier molecular flexibility index (Phi) is 5.94. The van der Waals surface area contributed by atoms with Crippen molar-refractivity contribution in [1.29, 1.82) is 0 Å². The van der Waals surface area contributed by atoms with Crippen LogP contribution in [0.2, 0.25) is 0 Å². The Morgan fingerprint density at radius 3 is 2.87 bits per heavy atom. The third-order valence-corrected chi connectivity index (χ3v) is 3.44. The zero-order valence-electron chi connectivity index (χ0n) is 12.8. The molecular formula is C16H18N4O2S. The first kappa shape index (κ1) is 16.8. The van der Waals surface area contributed by atoms with Crippen LogP contribution >= 0.6 is 12.2 Å². The number of aromatic amines is 1. The van der Waals surface area contributed by atoms with Crippen molar-refractivity contribution >= 4 is 18.1 Å². The molecule has 1 heterocycles. The molecule has 2 aromatic rings. The van der Waals surface area contributed by atoms with Gasteiger partial charge in [0.1, 0.15) is 5.75 Å². The molecule has 6 nitrogen and oxygen atoms in total. The van der Waals surface area contributed by atoms with Gasteiger partial charge in [-0.15, -0.1) is 6.42 Å². The first-order valence-electron chi connectivity index (χ1n) is 7.24. The van der Waals surface area contributed by atoms with E-state index < -0.39 is 0 Å². The van der Waals surface area contributed by atoms with Gasteiger partial charge in [0.15, 0.2) is 10.6 Å². The fourth-order valence-electron chi connectivity index (χ4n) is 2.06. The highest BCUT2D eigenvalue weighted by molar-refractivity contribution is 7.71. The van der Waals surface area contributed by atoms with Gasteiger partial charge in [-0.3, -0.25) is 14.5 Å². The molecule has 0 aliphatic rings. The van der Waals surface area contributed by atoms with E-state index in [-0.39, 0.29) is 18.9 Å². The Morgan fingerprint density at radius 2 is 2.22 bits per heavy atom. The van der Waals surface area contributed by atoms with E-state index >= 15 is 0 Å². The van der Waals surface area contributed by atoms with Gasteiger partial charge in [-0.2, -0.15) is 5.10 Å². The Bertz CT molecular complexity index is 756. The zero-order chi connectivity index (χ0) is 16.7. The second kappa shape index (κ2) is 8.15. The van der Waals surface area contributed by atoms with Crippen molar-refractivity contribution in [2.24, 2.45) is 0 Å². The predicted molar refractivity (Wildman–Crippen MR) is 90.5 cm³/mol. The van der Waals surface area contributed by atoms with E-state index in [1.54, 1.807) is 4.57 Å². The summed E-state index contributed by atoms with van der Waals surface area (Å²) in [7, 11) is 0. The summed E-state index contributed by atoms with van der Waals surface area (Å²) in [4.78, 5) is 11.7. The highest BCUT2D eigenvalue weighted by Crippen LogP contribution is 2.21. The molecule has 7 heteroatoms. The fraction of sp³-hybridized carbons (Fsp3) is 0.312. The van der Waals surface area contributed by atoms with Crippen LogP contribution in [0, 0.1) is 17.1 Å². The Morgan fingerprint density at radius 1 is 1.48 bits per heavy atom. The van der Waals surface area contributed by atoms with Gasteiger partial charge in [0.25, 0.3) is 0 Å². The van der Waals surface area contributed by atoms with E-state index in [1.165, 1.54) is 0 Å². The summed E-state index contributed by atoms with van der Waals surface area (Å²) in [5.74, 6) is 3.72. The van der Waals surface area contributed by atoms with Crippen LogP contribution in [0.3, 0.4) is 0 Å². The lowest BCUT2D eigenvalue weighted by Crippen LogP contribution is -2.24. The van der Waals surface area contributed by atoms with E-state index in [0.717, 1.165) is 11.3 Å². The lowest BCUT2D eigenvalue weighted by atomic mass is 10.2. The molecule has 1 aromatic carbocycles. The highest BCUT2D eigenvalue weighted by atomic mass is 32.1. The minimum Gasteiger partial charge on any atom is -0.494 e. The summed E-state index contributed by atoms with van der Waals surface area (Å²) in [6.45, 7) is 3.20. The van der Waals surface area contributed by atoms with Crippen molar-refractivity contribution in [3.8, 4) is 29.5 Å². The van der Waals surface area contributed by atoms with Gasteiger partial charge in [-0.1, -0.05) is 5.92 Å². The number of carbonyl (C=O) groups excluding carboxylic acids is 1. The predicted octanol–water partition coefficient (Wildman–Crippen LogP) is 2.15. The second-order valence-corrected chi connectivity index (χ2v) is 5.08. The van der Waals surface area contributed by atoms with Crippen LogP contribution < -0.4 is 10.1 Å². The molecule has 0 atom stereocenters. The Hall–Kier alpha value is -2.59. The first-order valence-corrected chi connectivity index (χ1v) is 7.65. The molecule has 0 aliphatic carbocycles. The molecule has 0 bridgehead atoms. The smallest absolute Gasteiger partial charge is 0.222 e. The summed E-state index contributed by atoms with van der Waals surface area (Å²) in [6, 6.07) is 7.57. The van der Waals surface area contributed by atoms with Crippen LogP contribution in [0.15, 0.2) is 24.3 Å². The molecule has 0 fully saturated rings. The van der Waals surface area contributed by atoms with Crippen LogP contribution in [-0.4, -0.2) is 33.8 Å². The summed E-state index contributed by atoms with van der Waals surface area (Å²) < 4.78 is 7.69. The molecule has 120 valence electrons. The highest BCUT2D eigenvalue weighted by Gasteiger charge is 2.10. The lowest BCUT2D eigenvalue weighted by molar-refractivity contribution is -0.121. The molecular weight excluding hydrogens is 312 g/mol. The van der Waals surface area contributed by atoms with Crippen LogP contribution in [0.5, 0.6) is 5.75 Å². The molecule has 23 heavy (non-hydrogen) atoms. The average molecular weight is 330 g/mol. The number of hydrogen-bond acceptors (Lipinski definition) is 4. The van der Waals surface area contributed by atoms with Crippen molar-refractivity contribution in [2.45, 2.75) is 19.9 Å². The summed E-state index contributed by atoms with van der Waals surface area (Å²) >= 11 is 5.24. The molecule has 2 rings (SSSR count). The molecule has 0 saturated carbocycles. The average Bonchev–Trinajstić information content (AvgIpc) is 2.93. The van der Waals surface area contributed by atoms with Crippen LogP contribution in [0.1, 0.15) is 13.3 Å². The number of nitrogens with zero attached hydrogens (tertiary/aromatic N) is 2. The van der Waals surface area contributed by atoms with E-state index in [2.05, 4.69) is 21.4 Å². The quantitative estimate of drug-likeness (QED) is 0.603. The number of aromatic nitrogens is 3. The minimum atomic E-state index is -0.122. The van der Waals surface area contributed by atoms with Crippen molar-refractivity contribution < 1.29 is 9.53 Å². The molecule has 0 saturated heterocycles. The Balaban J connectivity index is 2.13. The summed E-state index contributed by atoms with van der Waals surface area (Å²) in [5, 5.41) is 9.63. The van der Waals surface area contributed by atoms with Crippen molar-refractivity contribution in [1.82, 2.24) is 20.1 Å². The maximum Gasteiger partial charge on any atom is 0.222 e. The van der Waals surface area contributed by atoms with E-state index in [1.807, 2.05) is 31.2 Å². The number of rotatable bonds is 7. The normalized spacial score (nSPS) is 10.1. The molecule has 0 spiro atoms. The van der Waals surface area contributed by atoms with E-state index in [0.29, 0.717) is 23.7 Å². The van der Waals surface area contributed by atoms with E-state index in [4.69, 9.17) is 23.4 Å². The largest absolute Gasteiger partial charge is 0.494 e. The number of amides is 1. The number of nitrogens with one attached hydrogen (secondary N) is 2. The molecule has 0 unspecified atom stereocenters. The zero-order valence-corrected chi connectivity index (χ0v) is 13.7. The van der Waals surface area contributed by atoms with Gasteiger partial charge in [0, 0.05) is 18.5 Å². The molecule has 0 radical (unpaired) electrons. The van der Waals surface area contributed by atoms with Crippen LogP contribution in [0.25, 0.3) is 11.4 Å². The SMILES string of the molecule is C#CCNC(=O)CCn1c(-c2ccc(OCC)cc2)n[nH]c1=S. The topological polar surface area (TPSA) is 71.9 Å². The van der Waals surface area contributed by atoms with Gasteiger partial charge in [0.2, 0.25) is 5.91 Å². The molecule has 2 N–H and O–H groups in total. The van der Waals surface area contributed by atoms with Crippen molar-refractivity contribution in [3.63, 3.8) is 0 Å².